The summed E-state index contributed by atoms with van der Waals surface area (Å²) in [6.07, 6.45) is 5.32. The number of hydrogen-bond donors (Lipinski definition) is 0. The van der Waals surface area contributed by atoms with Gasteiger partial charge >= 0.3 is 0 Å². The van der Waals surface area contributed by atoms with Gasteiger partial charge in [0, 0.05) is 31.6 Å². The molecule has 1 aliphatic heterocycles. The Morgan fingerprint density at radius 2 is 1.76 bits per heavy atom. The number of hydrogen-bond acceptors (Lipinski definition) is 3. The van der Waals surface area contributed by atoms with Crippen molar-refractivity contribution in [3.63, 3.8) is 0 Å². The standard InChI is InChI=1S/C20H22N4O/c25-19(10-9-16-6-2-1-3-7-16)23-14-11-17(12-15-23)20-22-21-18-8-4-5-13-24(18)20/h1-8,13,17H,9-12,14-15H2. The van der Waals surface area contributed by atoms with Gasteiger partial charge in [-0.25, -0.2) is 0 Å². The van der Waals surface area contributed by atoms with E-state index in [-0.39, 0.29) is 5.91 Å². The first-order chi connectivity index (χ1) is 12.3. The molecule has 128 valence electrons. The fraction of sp³-hybridized carbons (Fsp3) is 0.350. The third-order valence-electron chi connectivity index (χ3n) is 5.02. The maximum Gasteiger partial charge on any atom is 0.222 e. The van der Waals surface area contributed by atoms with Crippen molar-refractivity contribution in [2.45, 2.75) is 31.6 Å². The molecular weight excluding hydrogens is 312 g/mol. The first kappa shape index (κ1) is 15.8. The van der Waals surface area contributed by atoms with Crippen molar-refractivity contribution >= 4 is 11.6 Å². The second-order valence-electron chi connectivity index (χ2n) is 6.63. The van der Waals surface area contributed by atoms with Crippen LogP contribution in [0.15, 0.2) is 54.7 Å². The van der Waals surface area contributed by atoms with Gasteiger partial charge in [0.2, 0.25) is 5.91 Å². The number of nitrogens with zero attached hydrogens (tertiary/aromatic N) is 4. The van der Waals surface area contributed by atoms with Gasteiger partial charge in [0.25, 0.3) is 0 Å². The summed E-state index contributed by atoms with van der Waals surface area (Å²) in [5.74, 6) is 1.65. The minimum absolute atomic E-state index is 0.258. The molecule has 3 aromatic rings. The molecule has 4 rings (SSSR count). The number of carbonyl (C=O) groups is 1. The lowest BCUT2D eigenvalue weighted by molar-refractivity contribution is -0.132. The molecule has 1 aromatic carbocycles. The molecule has 5 nitrogen and oxygen atoms in total. The average molecular weight is 334 g/mol. The lowest BCUT2D eigenvalue weighted by Crippen LogP contribution is -2.38. The summed E-state index contributed by atoms with van der Waals surface area (Å²) in [7, 11) is 0. The van der Waals surface area contributed by atoms with Crippen molar-refractivity contribution in [1.29, 1.82) is 0 Å². The van der Waals surface area contributed by atoms with E-state index in [2.05, 4.69) is 26.7 Å². The van der Waals surface area contributed by atoms with Gasteiger partial charge in [-0.3, -0.25) is 9.20 Å². The number of likely N-dealkylation sites (tertiary alicyclic amines) is 1. The van der Waals surface area contributed by atoms with Crippen LogP contribution in [-0.4, -0.2) is 38.5 Å². The SMILES string of the molecule is O=C(CCc1ccccc1)N1CCC(c2nnc3ccccn23)CC1. The van der Waals surface area contributed by atoms with Gasteiger partial charge < -0.3 is 4.90 Å². The number of aryl methyl sites for hydroxylation is 1. The minimum Gasteiger partial charge on any atom is -0.343 e. The maximum absolute atomic E-state index is 12.5. The topological polar surface area (TPSA) is 50.5 Å². The Labute approximate surface area is 147 Å². The Bertz CT molecular complexity index is 850. The number of amides is 1. The zero-order valence-electron chi connectivity index (χ0n) is 14.2. The molecule has 1 aliphatic rings. The van der Waals surface area contributed by atoms with E-state index in [1.54, 1.807) is 0 Å². The highest BCUT2D eigenvalue weighted by Gasteiger charge is 2.26. The van der Waals surface area contributed by atoms with E-state index in [4.69, 9.17) is 0 Å². The third kappa shape index (κ3) is 3.40. The molecule has 0 N–H and O–H groups in total. The summed E-state index contributed by atoms with van der Waals surface area (Å²) in [6, 6.07) is 16.2. The van der Waals surface area contributed by atoms with Crippen molar-refractivity contribution in [3.8, 4) is 0 Å². The minimum atomic E-state index is 0.258. The van der Waals surface area contributed by atoms with E-state index in [9.17, 15) is 4.79 Å². The van der Waals surface area contributed by atoms with Crippen LogP contribution in [0.1, 0.15) is 36.6 Å². The van der Waals surface area contributed by atoms with Crippen LogP contribution in [0.25, 0.3) is 5.65 Å². The molecule has 3 heterocycles. The van der Waals surface area contributed by atoms with E-state index < -0.39 is 0 Å². The van der Waals surface area contributed by atoms with Gasteiger partial charge in [0.15, 0.2) is 5.65 Å². The fourth-order valence-corrected chi connectivity index (χ4v) is 3.58. The van der Waals surface area contributed by atoms with Crippen molar-refractivity contribution in [1.82, 2.24) is 19.5 Å². The van der Waals surface area contributed by atoms with Crippen LogP contribution >= 0.6 is 0 Å². The summed E-state index contributed by atoms with van der Waals surface area (Å²) in [5, 5.41) is 8.62. The molecule has 0 bridgehead atoms. The highest BCUT2D eigenvalue weighted by atomic mass is 16.2. The lowest BCUT2D eigenvalue weighted by atomic mass is 9.95. The van der Waals surface area contributed by atoms with Crippen LogP contribution in [0.3, 0.4) is 0 Å². The number of carbonyl (C=O) groups excluding carboxylic acids is 1. The first-order valence-electron chi connectivity index (χ1n) is 8.92. The summed E-state index contributed by atoms with van der Waals surface area (Å²) in [4.78, 5) is 14.5. The quantitative estimate of drug-likeness (QED) is 0.737. The molecule has 5 heteroatoms. The van der Waals surface area contributed by atoms with E-state index in [1.807, 2.05) is 47.5 Å². The maximum atomic E-state index is 12.5. The smallest absolute Gasteiger partial charge is 0.222 e. The summed E-state index contributed by atoms with van der Waals surface area (Å²) < 4.78 is 2.07. The van der Waals surface area contributed by atoms with Gasteiger partial charge in [-0.05, 0) is 37.0 Å². The largest absolute Gasteiger partial charge is 0.343 e. The second kappa shape index (κ2) is 7.05. The molecule has 0 radical (unpaired) electrons. The zero-order valence-corrected chi connectivity index (χ0v) is 14.2. The normalized spacial score (nSPS) is 15.6. The molecule has 0 atom stereocenters. The van der Waals surface area contributed by atoms with Crippen LogP contribution in [0.5, 0.6) is 0 Å². The van der Waals surface area contributed by atoms with Gasteiger partial charge in [0.1, 0.15) is 5.82 Å². The summed E-state index contributed by atoms with van der Waals surface area (Å²) in [5.41, 5.74) is 2.11. The fourth-order valence-electron chi connectivity index (χ4n) is 3.58. The highest BCUT2D eigenvalue weighted by Crippen LogP contribution is 2.27. The summed E-state index contributed by atoms with van der Waals surface area (Å²) in [6.45, 7) is 1.61. The second-order valence-corrected chi connectivity index (χ2v) is 6.63. The molecule has 25 heavy (non-hydrogen) atoms. The molecule has 1 fully saturated rings. The van der Waals surface area contributed by atoms with Gasteiger partial charge in [-0.2, -0.15) is 0 Å². The zero-order chi connectivity index (χ0) is 17.1. The van der Waals surface area contributed by atoms with Crippen molar-refractivity contribution in [2.75, 3.05) is 13.1 Å². The van der Waals surface area contributed by atoms with Crippen molar-refractivity contribution in [2.24, 2.45) is 0 Å². The van der Waals surface area contributed by atoms with E-state index in [0.717, 1.165) is 43.8 Å². The van der Waals surface area contributed by atoms with Crippen LogP contribution in [-0.2, 0) is 11.2 Å². The lowest BCUT2D eigenvalue weighted by Gasteiger charge is -2.31. The van der Waals surface area contributed by atoms with Gasteiger partial charge in [-0.15, -0.1) is 10.2 Å². The van der Waals surface area contributed by atoms with Crippen molar-refractivity contribution in [3.05, 3.63) is 66.1 Å². The van der Waals surface area contributed by atoms with Crippen LogP contribution in [0.4, 0.5) is 0 Å². The Morgan fingerprint density at radius 3 is 2.56 bits per heavy atom. The Balaban J connectivity index is 1.34. The van der Waals surface area contributed by atoms with Crippen LogP contribution in [0.2, 0.25) is 0 Å². The van der Waals surface area contributed by atoms with Crippen LogP contribution in [0, 0.1) is 0 Å². The van der Waals surface area contributed by atoms with E-state index in [0.29, 0.717) is 12.3 Å². The molecule has 1 saturated heterocycles. The number of fused-ring (bicyclic) bond motifs is 1. The number of pyridine rings is 1. The Hall–Kier alpha value is -2.69. The van der Waals surface area contributed by atoms with E-state index >= 15 is 0 Å². The van der Waals surface area contributed by atoms with Gasteiger partial charge in [-0.1, -0.05) is 36.4 Å². The number of piperidine rings is 1. The molecule has 0 unspecified atom stereocenters. The van der Waals surface area contributed by atoms with Crippen LogP contribution < -0.4 is 0 Å². The molecule has 0 spiro atoms. The average Bonchev–Trinajstić information content (AvgIpc) is 3.11. The van der Waals surface area contributed by atoms with Gasteiger partial charge in [0.05, 0.1) is 0 Å². The molecule has 1 amide bonds. The van der Waals surface area contributed by atoms with Crippen molar-refractivity contribution < 1.29 is 4.79 Å². The number of benzene rings is 1. The predicted octanol–water partition coefficient (Wildman–Crippen LogP) is 3.07. The monoisotopic (exact) mass is 334 g/mol. The molecular formula is C20H22N4O. The summed E-state index contributed by atoms with van der Waals surface area (Å²) >= 11 is 0. The number of aromatic nitrogens is 3. The highest BCUT2D eigenvalue weighted by molar-refractivity contribution is 5.76. The molecule has 2 aromatic heterocycles. The third-order valence-corrected chi connectivity index (χ3v) is 5.02. The molecule has 0 aliphatic carbocycles. The number of rotatable bonds is 4. The first-order valence-corrected chi connectivity index (χ1v) is 8.92. The van der Waals surface area contributed by atoms with E-state index in [1.165, 1.54) is 5.56 Å². The Morgan fingerprint density at radius 1 is 1.00 bits per heavy atom. The Kier molecular flexibility index (Phi) is 4.46. The molecule has 0 saturated carbocycles. The predicted molar refractivity (Wildman–Crippen MR) is 96.3 cm³/mol.